The van der Waals surface area contributed by atoms with Crippen LogP contribution in [0.4, 0.5) is 18.9 Å². The first kappa shape index (κ1) is 28.9. The predicted octanol–water partition coefficient (Wildman–Crippen LogP) is 5.13. The van der Waals surface area contributed by atoms with E-state index < -0.39 is 41.5 Å². The van der Waals surface area contributed by atoms with Crippen molar-refractivity contribution in [1.82, 2.24) is 0 Å². The van der Waals surface area contributed by atoms with E-state index in [1.54, 1.807) is 24.3 Å². The summed E-state index contributed by atoms with van der Waals surface area (Å²) >= 11 is 0. The zero-order valence-corrected chi connectivity index (χ0v) is 20.9. The lowest BCUT2D eigenvalue weighted by Crippen LogP contribution is -2.28. The minimum atomic E-state index is -4.47. The maximum Gasteiger partial charge on any atom is 0.416 e. The normalized spacial score (nSPS) is 11.0. The molecule has 1 N–H and O–H groups in total. The van der Waals surface area contributed by atoms with Crippen LogP contribution in [0.15, 0.2) is 72.8 Å². The second kappa shape index (κ2) is 12.7. The van der Waals surface area contributed by atoms with Crippen molar-refractivity contribution < 1.29 is 46.6 Å². The number of halogens is 3. The Bertz CT molecular complexity index is 1320. The van der Waals surface area contributed by atoms with E-state index in [1.165, 1.54) is 36.4 Å². The number of carbonyl (C=O) groups excluding carboxylic acids is 4. The number of esters is 3. The lowest BCUT2D eigenvalue weighted by molar-refractivity contribution is -0.159. The van der Waals surface area contributed by atoms with Crippen molar-refractivity contribution in [1.29, 1.82) is 0 Å². The fraction of sp³-hybridized carbons (Fsp3) is 0.214. The Morgan fingerprint density at radius 1 is 0.821 bits per heavy atom. The molecule has 0 radical (unpaired) electrons. The Labute approximate surface area is 221 Å². The maximum absolute atomic E-state index is 13.0. The van der Waals surface area contributed by atoms with Gasteiger partial charge in [0.15, 0.2) is 5.92 Å². The predicted molar refractivity (Wildman–Crippen MR) is 134 cm³/mol. The van der Waals surface area contributed by atoms with Crippen LogP contribution in [0.25, 0.3) is 11.1 Å². The first-order valence-electron chi connectivity index (χ1n) is 11.6. The second-order valence-electron chi connectivity index (χ2n) is 8.18. The molecule has 0 bridgehead atoms. The first-order valence-corrected chi connectivity index (χ1v) is 11.6. The number of amides is 1. The molecule has 0 aliphatic heterocycles. The van der Waals surface area contributed by atoms with Crippen LogP contribution < -0.4 is 5.32 Å². The summed E-state index contributed by atoms with van der Waals surface area (Å²) < 4.78 is 52.9. The number of methoxy groups -OCH3 is 2. The topological polar surface area (TPSA) is 108 Å². The highest BCUT2D eigenvalue weighted by molar-refractivity contribution is 6.08. The molecule has 3 aromatic carbocycles. The van der Waals surface area contributed by atoms with Gasteiger partial charge in [-0.05, 0) is 53.6 Å². The molecule has 0 saturated heterocycles. The van der Waals surface area contributed by atoms with Crippen molar-refractivity contribution in [3.63, 3.8) is 0 Å². The molecule has 39 heavy (non-hydrogen) atoms. The van der Waals surface area contributed by atoms with Gasteiger partial charge in [-0.1, -0.05) is 30.3 Å². The standard InChI is InChI=1S/C28H24F3NO7/c1-37-26(35)23(27(36)38-2)15-16-39-25(34)18-9-13-20(14-10-18)32-24(33)22-6-4-3-5-21(22)17-7-11-19(12-8-17)28(29,30)31/h3-14,23H,15-16H2,1-2H3,(H,32,33). The van der Waals surface area contributed by atoms with E-state index in [-0.39, 0.29) is 24.2 Å². The van der Waals surface area contributed by atoms with Crippen molar-refractivity contribution in [2.45, 2.75) is 12.6 Å². The monoisotopic (exact) mass is 543 g/mol. The third-order valence-electron chi connectivity index (χ3n) is 5.68. The molecule has 204 valence electrons. The van der Waals surface area contributed by atoms with E-state index >= 15 is 0 Å². The Morgan fingerprint density at radius 2 is 1.41 bits per heavy atom. The van der Waals surface area contributed by atoms with Gasteiger partial charge < -0.3 is 19.5 Å². The molecule has 3 rings (SSSR count). The highest BCUT2D eigenvalue weighted by atomic mass is 19.4. The molecule has 0 spiro atoms. The summed E-state index contributed by atoms with van der Waals surface area (Å²) in [4.78, 5) is 48.7. The number of hydrogen-bond donors (Lipinski definition) is 1. The van der Waals surface area contributed by atoms with Crippen molar-refractivity contribution in [2.24, 2.45) is 5.92 Å². The quantitative estimate of drug-likeness (QED) is 0.226. The summed E-state index contributed by atoms with van der Waals surface area (Å²) in [5.74, 6) is -4.06. The minimum Gasteiger partial charge on any atom is -0.468 e. The van der Waals surface area contributed by atoms with Crippen molar-refractivity contribution >= 4 is 29.5 Å². The van der Waals surface area contributed by atoms with Gasteiger partial charge >= 0.3 is 24.1 Å². The second-order valence-corrected chi connectivity index (χ2v) is 8.18. The molecule has 11 heteroatoms. The van der Waals surface area contributed by atoms with Crippen LogP contribution >= 0.6 is 0 Å². The molecule has 0 aliphatic carbocycles. The largest absolute Gasteiger partial charge is 0.468 e. The highest BCUT2D eigenvalue weighted by Crippen LogP contribution is 2.32. The molecule has 0 unspecified atom stereocenters. The summed E-state index contributed by atoms with van der Waals surface area (Å²) in [6, 6.07) is 16.7. The summed E-state index contributed by atoms with van der Waals surface area (Å²) in [5.41, 5.74) is 0.848. The number of rotatable bonds is 9. The number of benzene rings is 3. The van der Waals surface area contributed by atoms with E-state index in [4.69, 9.17) is 4.74 Å². The van der Waals surface area contributed by atoms with Crippen molar-refractivity contribution in [3.05, 3.63) is 89.5 Å². The average molecular weight is 543 g/mol. The van der Waals surface area contributed by atoms with E-state index in [2.05, 4.69) is 14.8 Å². The summed E-state index contributed by atoms with van der Waals surface area (Å²) in [5, 5.41) is 2.69. The summed E-state index contributed by atoms with van der Waals surface area (Å²) in [7, 11) is 2.25. The summed E-state index contributed by atoms with van der Waals surface area (Å²) in [6.07, 6.45) is -4.60. The van der Waals surface area contributed by atoms with E-state index in [1.807, 2.05) is 0 Å². The van der Waals surface area contributed by atoms with Crippen LogP contribution in [0.5, 0.6) is 0 Å². The Hall–Kier alpha value is -4.67. The van der Waals surface area contributed by atoms with Gasteiger partial charge in [0, 0.05) is 17.7 Å². The molecule has 8 nitrogen and oxygen atoms in total. The third-order valence-corrected chi connectivity index (χ3v) is 5.68. The fourth-order valence-corrected chi connectivity index (χ4v) is 3.63. The van der Waals surface area contributed by atoms with E-state index in [9.17, 15) is 32.3 Å². The average Bonchev–Trinajstić information content (AvgIpc) is 2.94. The maximum atomic E-state index is 13.0. The van der Waals surface area contributed by atoms with Crippen molar-refractivity contribution in [3.8, 4) is 11.1 Å². The molecule has 0 aliphatic rings. The fourth-order valence-electron chi connectivity index (χ4n) is 3.63. The number of carbonyl (C=O) groups is 4. The summed E-state index contributed by atoms with van der Waals surface area (Å²) in [6.45, 7) is -0.243. The van der Waals surface area contributed by atoms with Gasteiger partial charge in [-0.3, -0.25) is 14.4 Å². The smallest absolute Gasteiger partial charge is 0.416 e. The first-order chi connectivity index (χ1) is 18.5. The number of nitrogens with one attached hydrogen (secondary N) is 1. The van der Waals surface area contributed by atoms with Gasteiger partial charge in [-0.25, -0.2) is 4.79 Å². The Kier molecular flexibility index (Phi) is 9.43. The lowest BCUT2D eigenvalue weighted by Gasteiger charge is -2.13. The van der Waals surface area contributed by atoms with Gasteiger partial charge in [0.05, 0.1) is 32.0 Å². The molecular weight excluding hydrogens is 519 g/mol. The number of anilines is 1. The van der Waals surface area contributed by atoms with Crippen molar-refractivity contribution in [2.75, 3.05) is 26.1 Å². The van der Waals surface area contributed by atoms with Crippen LogP contribution in [0, 0.1) is 5.92 Å². The Balaban J connectivity index is 1.64. The molecule has 0 aromatic heterocycles. The van der Waals surface area contributed by atoms with Crippen LogP contribution in [0.3, 0.4) is 0 Å². The zero-order chi connectivity index (χ0) is 28.6. The zero-order valence-electron chi connectivity index (χ0n) is 20.9. The van der Waals surface area contributed by atoms with Crippen LogP contribution in [-0.2, 0) is 30.0 Å². The van der Waals surface area contributed by atoms with Gasteiger partial charge in [0.2, 0.25) is 0 Å². The molecular formula is C28H24F3NO7. The molecule has 1 amide bonds. The number of ether oxygens (including phenoxy) is 3. The Morgan fingerprint density at radius 3 is 1.97 bits per heavy atom. The molecule has 0 atom stereocenters. The highest BCUT2D eigenvalue weighted by Gasteiger charge is 2.30. The SMILES string of the molecule is COC(=O)C(CCOC(=O)c1ccc(NC(=O)c2ccccc2-c2ccc(C(F)(F)F)cc2)cc1)C(=O)OC. The van der Waals surface area contributed by atoms with Crippen LogP contribution in [0.2, 0.25) is 0 Å². The molecule has 0 fully saturated rings. The number of hydrogen-bond acceptors (Lipinski definition) is 7. The van der Waals surface area contributed by atoms with E-state index in [0.29, 0.717) is 16.8 Å². The van der Waals surface area contributed by atoms with Gasteiger partial charge in [-0.15, -0.1) is 0 Å². The van der Waals surface area contributed by atoms with Gasteiger partial charge in [0.1, 0.15) is 0 Å². The lowest BCUT2D eigenvalue weighted by atomic mass is 9.98. The molecule has 0 heterocycles. The molecule has 0 saturated carbocycles. The molecule has 3 aromatic rings. The van der Waals surface area contributed by atoms with Gasteiger partial charge in [-0.2, -0.15) is 13.2 Å². The van der Waals surface area contributed by atoms with Crippen LogP contribution in [0.1, 0.15) is 32.7 Å². The van der Waals surface area contributed by atoms with Gasteiger partial charge in [0.25, 0.3) is 5.91 Å². The van der Waals surface area contributed by atoms with Crippen LogP contribution in [-0.4, -0.2) is 44.6 Å². The third kappa shape index (κ3) is 7.44. The number of alkyl halides is 3. The van der Waals surface area contributed by atoms with E-state index in [0.717, 1.165) is 26.4 Å². The minimum absolute atomic E-state index is 0.127.